The molecule has 1 aromatic carbocycles. The third-order valence-corrected chi connectivity index (χ3v) is 2.78. The fourth-order valence-corrected chi connectivity index (χ4v) is 1.85. The van der Waals surface area contributed by atoms with Gasteiger partial charge in [-0.05, 0) is 36.2 Å². The van der Waals surface area contributed by atoms with E-state index in [1.54, 1.807) is 10.9 Å². The van der Waals surface area contributed by atoms with Crippen molar-refractivity contribution in [2.24, 2.45) is 0 Å². The molecule has 0 N–H and O–H groups in total. The first kappa shape index (κ1) is 10.5. The Morgan fingerprint density at radius 2 is 2.13 bits per heavy atom. The van der Waals surface area contributed by atoms with E-state index in [4.69, 9.17) is 23.2 Å². The molecule has 0 aliphatic heterocycles. The van der Waals surface area contributed by atoms with Crippen LogP contribution in [0.2, 0.25) is 10.3 Å². The van der Waals surface area contributed by atoms with Crippen LogP contribution in [0.15, 0.2) is 30.6 Å². The van der Waals surface area contributed by atoms with Gasteiger partial charge in [-0.25, -0.2) is 0 Å². The maximum atomic E-state index is 5.92. The summed E-state index contributed by atoms with van der Waals surface area (Å²) in [5.41, 5.74) is 1.07. The van der Waals surface area contributed by atoms with Crippen LogP contribution < -0.4 is 0 Å². The first-order chi connectivity index (χ1) is 7.18. The van der Waals surface area contributed by atoms with E-state index in [1.165, 1.54) is 0 Å². The van der Waals surface area contributed by atoms with E-state index < -0.39 is 0 Å². The molecule has 0 fully saturated rings. The van der Waals surface area contributed by atoms with Gasteiger partial charge in [0, 0.05) is 5.02 Å². The molecule has 3 nitrogen and oxygen atoms in total. The molecule has 0 saturated heterocycles. The van der Waals surface area contributed by atoms with Gasteiger partial charge in [0.1, 0.15) is 6.33 Å². The molecule has 0 aliphatic rings. The Morgan fingerprint density at radius 3 is 2.73 bits per heavy atom. The predicted octanol–water partition coefficient (Wildman–Crippen LogP) is 3.19. The van der Waals surface area contributed by atoms with E-state index in [0.717, 1.165) is 5.56 Å². The van der Waals surface area contributed by atoms with Gasteiger partial charge in [0.2, 0.25) is 5.28 Å². The number of hydrogen-bond donors (Lipinski definition) is 0. The lowest BCUT2D eigenvalue weighted by atomic mass is 10.1. The predicted molar refractivity (Wildman–Crippen MR) is 60.3 cm³/mol. The van der Waals surface area contributed by atoms with E-state index in [1.807, 2.05) is 31.2 Å². The Morgan fingerprint density at radius 1 is 1.33 bits per heavy atom. The molecule has 2 rings (SSSR count). The van der Waals surface area contributed by atoms with Crippen molar-refractivity contribution in [1.82, 2.24) is 14.8 Å². The summed E-state index contributed by atoms with van der Waals surface area (Å²) in [6, 6.07) is 7.72. The highest BCUT2D eigenvalue weighted by Gasteiger charge is 2.11. The highest BCUT2D eigenvalue weighted by atomic mass is 35.5. The van der Waals surface area contributed by atoms with Crippen LogP contribution in [0.25, 0.3) is 0 Å². The summed E-state index contributed by atoms with van der Waals surface area (Å²) in [6.07, 6.45) is 1.61. The quantitative estimate of drug-likeness (QED) is 0.809. The lowest BCUT2D eigenvalue weighted by molar-refractivity contribution is 0.637. The Balaban J connectivity index is 2.36. The average molecular weight is 242 g/mol. The van der Waals surface area contributed by atoms with Crippen molar-refractivity contribution in [2.45, 2.75) is 13.0 Å². The highest BCUT2D eigenvalue weighted by molar-refractivity contribution is 6.30. The normalized spacial score (nSPS) is 12.7. The minimum atomic E-state index is 0.0752. The van der Waals surface area contributed by atoms with Crippen molar-refractivity contribution >= 4 is 23.2 Å². The number of nitrogens with zero attached hydrogens (tertiary/aromatic N) is 3. The van der Waals surface area contributed by atoms with E-state index in [0.29, 0.717) is 10.3 Å². The van der Waals surface area contributed by atoms with Crippen molar-refractivity contribution in [3.8, 4) is 0 Å². The van der Waals surface area contributed by atoms with Gasteiger partial charge in [-0.15, -0.1) is 10.2 Å². The Labute approximate surface area is 97.7 Å². The molecule has 1 unspecified atom stereocenters. The molecule has 0 aliphatic carbocycles. The van der Waals surface area contributed by atoms with Gasteiger partial charge < -0.3 is 0 Å². The third kappa shape index (κ3) is 2.13. The lowest BCUT2D eigenvalue weighted by Crippen LogP contribution is -2.05. The van der Waals surface area contributed by atoms with Gasteiger partial charge in [-0.3, -0.25) is 4.57 Å². The van der Waals surface area contributed by atoms with Crippen molar-refractivity contribution < 1.29 is 0 Å². The van der Waals surface area contributed by atoms with Crippen molar-refractivity contribution in [2.75, 3.05) is 0 Å². The first-order valence-electron chi connectivity index (χ1n) is 4.49. The summed E-state index contributed by atoms with van der Waals surface area (Å²) in [5, 5.41) is 8.56. The van der Waals surface area contributed by atoms with Gasteiger partial charge >= 0.3 is 0 Å². The Kier molecular flexibility index (Phi) is 2.93. The number of rotatable bonds is 2. The van der Waals surface area contributed by atoms with Crippen LogP contribution >= 0.6 is 23.2 Å². The summed E-state index contributed by atoms with van der Waals surface area (Å²) < 4.78 is 1.78. The molecule has 0 bridgehead atoms. The Bertz CT molecular complexity index is 467. The van der Waals surface area contributed by atoms with E-state index in [-0.39, 0.29) is 6.04 Å². The van der Waals surface area contributed by atoms with Gasteiger partial charge in [0.15, 0.2) is 0 Å². The summed E-state index contributed by atoms with van der Waals surface area (Å²) >= 11 is 11.8. The van der Waals surface area contributed by atoms with Crippen LogP contribution in [0.4, 0.5) is 0 Å². The molecule has 5 heteroatoms. The molecule has 0 spiro atoms. The molecule has 0 amide bonds. The topological polar surface area (TPSA) is 30.7 Å². The summed E-state index contributed by atoms with van der Waals surface area (Å²) in [7, 11) is 0. The average Bonchev–Trinajstić information content (AvgIpc) is 2.63. The molecule has 15 heavy (non-hydrogen) atoms. The molecule has 1 aromatic heterocycles. The Hall–Kier alpha value is -1.06. The van der Waals surface area contributed by atoms with Crippen molar-refractivity contribution in [3.05, 3.63) is 46.5 Å². The van der Waals surface area contributed by atoms with E-state index >= 15 is 0 Å². The minimum Gasteiger partial charge on any atom is -0.297 e. The molecule has 78 valence electrons. The van der Waals surface area contributed by atoms with Crippen LogP contribution in [-0.4, -0.2) is 14.8 Å². The zero-order valence-electron chi connectivity index (χ0n) is 8.06. The van der Waals surface area contributed by atoms with Crippen LogP contribution in [0, 0.1) is 0 Å². The number of halogens is 2. The van der Waals surface area contributed by atoms with E-state index in [2.05, 4.69) is 10.2 Å². The van der Waals surface area contributed by atoms with Gasteiger partial charge in [0.05, 0.1) is 6.04 Å². The van der Waals surface area contributed by atoms with Crippen LogP contribution in [0.3, 0.4) is 0 Å². The SMILES string of the molecule is CC(c1cccc(Cl)c1)n1cnnc1Cl. The summed E-state index contributed by atoms with van der Waals surface area (Å²) in [4.78, 5) is 0. The summed E-state index contributed by atoms with van der Waals surface area (Å²) in [5.74, 6) is 0. The molecule has 2 aromatic rings. The van der Waals surface area contributed by atoms with Crippen LogP contribution in [-0.2, 0) is 0 Å². The largest absolute Gasteiger partial charge is 0.297 e. The molecule has 1 atom stereocenters. The fraction of sp³-hybridized carbons (Fsp3) is 0.200. The maximum absolute atomic E-state index is 5.92. The third-order valence-electron chi connectivity index (χ3n) is 2.28. The second kappa shape index (κ2) is 4.21. The molecule has 1 heterocycles. The number of aromatic nitrogens is 3. The number of benzene rings is 1. The van der Waals surface area contributed by atoms with Crippen LogP contribution in [0.5, 0.6) is 0 Å². The molecular weight excluding hydrogens is 233 g/mol. The molecule has 0 radical (unpaired) electrons. The lowest BCUT2D eigenvalue weighted by Gasteiger charge is -2.13. The molecular formula is C10H9Cl2N3. The number of hydrogen-bond acceptors (Lipinski definition) is 2. The van der Waals surface area contributed by atoms with Gasteiger partial charge in [0.25, 0.3) is 0 Å². The first-order valence-corrected chi connectivity index (χ1v) is 5.24. The molecule has 0 saturated carbocycles. The van der Waals surface area contributed by atoms with Crippen LogP contribution in [0.1, 0.15) is 18.5 Å². The standard InChI is InChI=1S/C10H9Cl2N3/c1-7(15-6-13-14-10(15)12)8-3-2-4-9(11)5-8/h2-7H,1H3. The minimum absolute atomic E-state index is 0.0752. The smallest absolute Gasteiger partial charge is 0.225 e. The fourth-order valence-electron chi connectivity index (χ4n) is 1.42. The monoisotopic (exact) mass is 241 g/mol. The second-order valence-corrected chi connectivity index (χ2v) is 4.01. The maximum Gasteiger partial charge on any atom is 0.225 e. The van der Waals surface area contributed by atoms with E-state index in [9.17, 15) is 0 Å². The summed E-state index contributed by atoms with van der Waals surface area (Å²) in [6.45, 7) is 2.01. The van der Waals surface area contributed by atoms with Crippen molar-refractivity contribution in [3.63, 3.8) is 0 Å². The van der Waals surface area contributed by atoms with Gasteiger partial charge in [-0.2, -0.15) is 0 Å². The zero-order valence-corrected chi connectivity index (χ0v) is 9.57. The zero-order chi connectivity index (χ0) is 10.8. The highest BCUT2D eigenvalue weighted by Crippen LogP contribution is 2.23. The second-order valence-electron chi connectivity index (χ2n) is 3.24. The van der Waals surface area contributed by atoms with Crippen molar-refractivity contribution in [1.29, 1.82) is 0 Å². The van der Waals surface area contributed by atoms with Gasteiger partial charge in [-0.1, -0.05) is 23.7 Å².